The first kappa shape index (κ1) is 15.5. The van der Waals surface area contributed by atoms with Gasteiger partial charge in [0.25, 0.3) is 0 Å². The Kier molecular flexibility index (Phi) is 4.52. The van der Waals surface area contributed by atoms with Gasteiger partial charge in [-0.15, -0.1) is 0 Å². The molecule has 2 N–H and O–H groups in total. The van der Waals surface area contributed by atoms with Crippen molar-refractivity contribution in [3.05, 3.63) is 29.8 Å². The predicted octanol–water partition coefficient (Wildman–Crippen LogP) is 2.25. The van der Waals surface area contributed by atoms with Gasteiger partial charge in [-0.1, -0.05) is 26.0 Å². The largest absolute Gasteiger partial charge is 0.396 e. The zero-order valence-electron chi connectivity index (χ0n) is 12.1. The Morgan fingerprint density at radius 2 is 1.85 bits per heavy atom. The normalized spacial score (nSPS) is 17.4. The van der Waals surface area contributed by atoms with Gasteiger partial charge in [0.2, 0.25) is 10.0 Å². The van der Waals surface area contributed by atoms with Gasteiger partial charge in [-0.2, -0.15) is 0 Å². The van der Waals surface area contributed by atoms with E-state index in [1.54, 1.807) is 12.1 Å². The number of aliphatic hydroxyl groups excluding tert-OH is 1. The second kappa shape index (κ2) is 5.84. The van der Waals surface area contributed by atoms with Crippen LogP contribution in [0.5, 0.6) is 0 Å². The maximum atomic E-state index is 12.2. The lowest BCUT2D eigenvalue weighted by molar-refractivity contribution is 0.249. The van der Waals surface area contributed by atoms with E-state index in [0.29, 0.717) is 23.8 Å². The molecule has 0 saturated heterocycles. The van der Waals surface area contributed by atoms with Gasteiger partial charge < -0.3 is 5.11 Å². The fourth-order valence-electron chi connectivity index (χ4n) is 2.29. The number of benzene rings is 1. The molecule has 0 unspecified atom stereocenters. The third-order valence-electron chi connectivity index (χ3n) is 4.09. The number of hydrogen-bond acceptors (Lipinski definition) is 3. The molecule has 0 heterocycles. The first-order valence-corrected chi connectivity index (χ1v) is 8.57. The molecule has 4 nitrogen and oxygen atoms in total. The molecule has 1 saturated carbocycles. The predicted molar refractivity (Wildman–Crippen MR) is 79.1 cm³/mol. The first-order valence-electron chi connectivity index (χ1n) is 7.09. The van der Waals surface area contributed by atoms with Crippen molar-refractivity contribution in [3.63, 3.8) is 0 Å². The SMILES string of the molecule is CC(C)c1ccc(S(=O)(=O)NCC2(CCO)CC2)cc1. The van der Waals surface area contributed by atoms with E-state index in [1.807, 2.05) is 12.1 Å². The van der Waals surface area contributed by atoms with Crippen LogP contribution in [0, 0.1) is 5.41 Å². The highest BCUT2D eigenvalue weighted by Crippen LogP contribution is 2.48. The molecule has 0 spiro atoms. The van der Waals surface area contributed by atoms with Crippen molar-refractivity contribution in [1.82, 2.24) is 4.72 Å². The van der Waals surface area contributed by atoms with Gasteiger partial charge >= 0.3 is 0 Å². The van der Waals surface area contributed by atoms with E-state index in [2.05, 4.69) is 18.6 Å². The summed E-state index contributed by atoms with van der Waals surface area (Å²) in [5.74, 6) is 0.388. The standard InChI is InChI=1S/C15H23NO3S/c1-12(2)13-3-5-14(6-4-13)20(18,19)16-11-15(7-8-15)9-10-17/h3-6,12,16-17H,7-11H2,1-2H3. The Morgan fingerprint density at radius 3 is 2.30 bits per heavy atom. The van der Waals surface area contributed by atoms with Gasteiger partial charge in [-0.05, 0) is 48.3 Å². The molecule has 2 rings (SSSR count). The van der Waals surface area contributed by atoms with E-state index in [1.165, 1.54) is 0 Å². The van der Waals surface area contributed by atoms with E-state index in [-0.39, 0.29) is 12.0 Å². The fourth-order valence-corrected chi connectivity index (χ4v) is 3.45. The highest BCUT2D eigenvalue weighted by molar-refractivity contribution is 7.89. The molecule has 0 amide bonds. The first-order chi connectivity index (χ1) is 9.38. The monoisotopic (exact) mass is 297 g/mol. The summed E-state index contributed by atoms with van der Waals surface area (Å²) in [6, 6.07) is 7.03. The van der Waals surface area contributed by atoms with E-state index in [9.17, 15) is 8.42 Å². The number of nitrogens with one attached hydrogen (secondary N) is 1. The van der Waals surface area contributed by atoms with E-state index in [0.717, 1.165) is 18.4 Å². The third-order valence-corrected chi connectivity index (χ3v) is 5.51. The molecule has 1 aromatic rings. The molecule has 0 bridgehead atoms. The van der Waals surface area contributed by atoms with E-state index in [4.69, 9.17) is 5.11 Å². The highest BCUT2D eigenvalue weighted by Gasteiger charge is 2.42. The van der Waals surface area contributed by atoms with Crippen molar-refractivity contribution in [3.8, 4) is 0 Å². The van der Waals surface area contributed by atoms with Crippen LogP contribution in [-0.2, 0) is 10.0 Å². The average molecular weight is 297 g/mol. The molecule has 112 valence electrons. The summed E-state index contributed by atoms with van der Waals surface area (Å²) in [6.45, 7) is 4.69. The Bertz CT molecular complexity index is 545. The highest BCUT2D eigenvalue weighted by atomic mass is 32.2. The molecule has 0 aromatic heterocycles. The minimum atomic E-state index is -3.45. The van der Waals surface area contributed by atoms with Crippen molar-refractivity contribution >= 4 is 10.0 Å². The Labute approximate surface area is 121 Å². The minimum absolute atomic E-state index is 0.0142. The smallest absolute Gasteiger partial charge is 0.240 e. The minimum Gasteiger partial charge on any atom is -0.396 e. The van der Waals surface area contributed by atoms with Crippen LogP contribution in [0.25, 0.3) is 0 Å². The van der Waals surface area contributed by atoms with Gasteiger partial charge in [0.15, 0.2) is 0 Å². The van der Waals surface area contributed by atoms with Crippen molar-refractivity contribution in [1.29, 1.82) is 0 Å². The fraction of sp³-hybridized carbons (Fsp3) is 0.600. The maximum Gasteiger partial charge on any atom is 0.240 e. The van der Waals surface area contributed by atoms with Crippen LogP contribution in [0.1, 0.15) is 44.6 Å². The van der Waals surface area contributed by atoms with Gasteiger partial charge in [-0.25, -0.2) is 13.1 Å². The van der Waals surface area contributed by atoms with Crippen molar-refractivity contribution in [2.24, 2.45) is 5.41 Å². The molecule has 0 atom stereocenters. The van der Waals surface area contributed by atoms with Crippen LogP contribution in [0.4, 0.5) is 0 Å². The zero-order chi connectivity index (χ0) is 14.8. The van der Waals surface area contributed by atoms with Crippen LogP contribution in [0.15, 0.2) is 29.2 Å². The van der Waals surface area contributed by atoms with Gasteiger partial charge in [0.1, 0.15) is 0 Å². The van der Waals surface area contributed by atoms with Gasteiger partial charge in [0, 0.05) is 13.2 Å². The number of hydrogen-bond donors (Lipinski definition) is 2. The summed E-state index contributed by atoms with van der Waals surface area (Å²) in [4.78, 5) is 0.307. The van der Waals surface area contributed by atoms with Crippen LogP contribution in [0.3, 0.4) is 0 Å². The molecule has 1 aromatic carbocycles. The summed E-state index contributed by atoms with van der Waals surface area (Å²) < 4.78 is 27.1. The number of rotatable bonds is 7. The summed E-state index contributed by atoms with van der Waals surface area (Å²) in [7, 11) is -3.45. The molecule has 1 aliphatic rings. The quantitative estimate of drug-likeness (QED) is 0.811. The summed E-state index contributed by atoms with van der Waals surface area (Å²) >= 11 is 0. The lowest BCUT2D eigenvalue weighted by Gasteiger charge is -2.15. The molecule has 5 heteroatoms. The molecule has 0 aliphatic heterocycles. The van der Waals surface area contributed by atoms with Crippen LogP contribution >= 0.6 is 0 Å². The molecule has 0 radical (unpaired) electrons. The summed E-state index contributed by atoms with van der Waals surface area (Å²) in [5.41, 5.74) is 1.11. The van der Waals surface area contributed by atoms with Crippen LogP contribution in [-0.4, -0.2) is 26.7 Å². The molecular formula is C15H23NO3S. The average Bonchev–Trinajstić information content (AvgIpc) is 3.18. The zero-order valence-corrected chi connectivity index (χ0v) is 12.9. The van der Waals surface area contributed by atoms with Crippen LogP contribution < -0.4 is 4.72 Å². The van der Waals surface area contributed by atoms with Gasteiger partial charge in [0.05, 0.1) is 4.90 Å². The second-order valence-electron chi connectivity index (χ2n) is 6.02. The Hall–Kier alpha value is -0.910. The molecule has 1 aliphatic carbocycles. The molecule has 1 fully saturated rings. The van der Waals surface area contributed by atoms with E-state index < -0.39 is 10.0 Å². The lowest BCUT2D eigenvalue weighted by atomic mass is 10.0. The summed E-state index contributed by atoms with van der Waals surface area (Å²) in [6.07, 6.45) is 2.65. The topological polar surface area (TPSA) is 66.4 Å². The van der Waals surface area contributed by atoms with Crippen LogP contribution in [0.2, 0.25) is 0 Å². The molecule has 20 heavy (non-hydrogen) atoms. The van der Waals surface area contributed by atoms with Gasteiger partial charge in [-0.3, -0.25) is 0 Å². The number of sulfonamides is 1. The molecular weight excluding hydrogens is 274 g/mol. The maximum absolute atomic E-state index is 12.2. The Balaban J connectivity index is 2.03. The van der Waals surface area contributed by atoms with Crippen molar-refractivity contribution in [2.75, 3.05) is 13.2 Å². The Morgan fingerprint density at radius 1 is 1.25 bits per heavy atom. The second-order valence-corrected chi connectivity index (χ2v) is 7.79. The lowest BCUT2D eigenvalue weighted by Crippen LogP contribution is -2.30. The van der Waals surface area contributed by atoms with Crippen molar-refractivity contribution < 1.29 is 13.5 Å². The van der Waals surface area contributed by atoms with E-state index >= 15 is 0 Å². The number of aliphatic hydroxyl groups is 1. The third kappa shape index (κ3) is 3.59. The van der Waals surface area contributed by atoms with Crippen molar-refractivity contribution in [2.45, 2.75) is 43.9 Å². The summed E-state index contributed by atoms with van der Waals surface area (Å²) in [5, 5.41) is 8.99.